The minimum atomic E-state index is -0.403. The number of anilines is 1. The van der Waals surface area contributed by atoms with E-state index in [1.54, 1.807) is 24.3 Å². The molecule has 146 valence electrons. The van der Waals surface area contributed by atoms with Crippen molar-refractivity contribution in [3.63, 3.8) is 0 Å². The zero-order valence-corrected chi connectivity index (χ0v) is 16.9. The first-order chi connectivity index (χ1) is 14.0. The Balaban J connectivity index is 1.51. The maximum Gasteiger partial charge on any atom is 0.319 e. The molecule has 0 saturated heterocycles. The van der Waals surface area contributed by atoms with E-state index in [0.29, 0.717) is 21.4 Å². The van der Waals surface area contributed by atoms with Crippen LogP contribution in [0.4, 0.5) is 10.5 Å². The molecule has 7 nitrogen and oxygen atoms in total. The van der Waals surface area contributed by atoms with Crippen LogP contribution in [0.15, 0.2) is 59.4 Å². The first kappa shape index (κ1) is 19.1. The summed E-state index contributed by atoms with van der Waals surface area (Å²) in [6.07, 6.45) is 0. The van der Waals surface area contributed by atoms with Crippen LogP contribution in [-0.4, -0.2) is 20.6 Å². The number of benzene rings is 2. The van der Waals surface area contributed by atoms with Crippen LogP contribution in [0, 0.1) is 6.92 Å². The van der Waals surface area contributed by atoms with Crippen LogP contribution < -0.4 is 16.2 Å². The Hall–Kier alpha value is -3.23. The molecule has 0 aliphatic heterocycles. The van der Waals surface area contributed by atoms with E-state index >= 15 is 0 Å². The van der Waals surface area contributed by atoms with Crippen molar-refractivity contribution in [2.45, 2.75) is 13.5 Å². The number of hydrogen-bond acceptors (Lipinski definition) is 5. The molecule has 29 heavy (non-hydrogen) atoms. The molecule has 4 aromatic rings. The number of nitrogens with zero attached hydrogens (tertiary/aromatic N) is 3. The summed E-state index contributed by atoms with van der Waals surface area (Å²) in [5, 5.41) is 11.1. The van der Waals surface area contributed by atoms with Gasteiger partial charge in [0, 0.05) is 22.3 Å². The molecule has 2 aromatic heterocycles. The molecule has 2 aromatic carbocycles. The van der Waals surface area contributed by atoms with Crippen molar-refractivity contribution in [2.24, 2.45) is 0 Å². The van der Waals surface area contributed by atoms with Gasteiger partial charge in [-0.25, -0.2) is 9.78 Å². The smallest absolute Gasteiger partial charge is 0.319 e. The van der Waals surface area contributed by atoms with Crippen molar-refractivity contribution in [3.05, 3.63) is 81.2 Å². The van der Waals surface area contributed by atoms with Crippen LogP contribution in [0.2, 0.25) is 5.02 Å². The average Bonchev–Trinajstić information content (AvgIpc) is 3.13. The van der Waals surface area contributed by atoms with Gasteiger partial charge in [0.2, 0.25) is 4.96 Å². The fourth-order valence-electron chi connectivity index (χ4n) is 2.75. The summed E-state index contributed by atoms with van der Waals surface area (Å²) in [5.41, 5.74) is 2.81. The molecule has 0 saturated carbocycles. The number of carbonyl (C=O) groups excluding carboxylic acids is 1. The Morgan fingerprint density at radius 2 is 1.93 bits per heavy atom. The van der Waals surface area contributed by atoms with Gasteiger partial charge in [-0.3, -0.25) is 4.79 Å². The van der Waals surface area contributed by atoms with Crippen molar-refractivity contribution in [1.82, 2.24) is 19.9 Å². The fraction of sp³-hybridized carbons (Fsp3) is 0.100. The second kappa shape index (κ2) is 8.02. The number of urea groups is 1. The van der Waals surface area contributed by atoms with E-state index in [0.717, 1.165) is 16.1 Å². The molecule has 2 heterocycles. The molecule has 4 rings (SSSR count). The van der Waals surface area contributed by atoms with E-state index in [1.165, 1.54) is 21.9 Å². The third-order valence-electron chi connectivity index (χ3n) is 4.21. The van der Waals surface area contributed by atoms with Crippen molar-refractivity contribution in [2.75, 3.05) is 5.32 Å². The summed E-state index contributed by atoms with van der Waals surface area (Å²) in [5.74, 6) is 0. The summed E-state index contributed by atoms with van der Waals surface area (Å²) in [7, 11) is 0. The number of rotatable bonds is 4. The maximum atomic E-state index is 12.4. The van der Waals surface area contributed by atoms with E-state index in [-0.39, 0.29) is 12.1 Å². The van der Waals surface area contributed by atoms with Crippen molar-refractivity contribution in [1.29, 1.82) is 0 Å². The third kappa shape index (κ3) is 4.28. The van der Waals surface area contributed by atoms with Crippen molar-refractivity contribution in [3.8, 4) is 10.6 Å². The molecular formula is C20H16ClN5O2S. The van der Waals surface area contributed by atoms with Gasteiger partial charge in [0.05, 0.1) is 12.2 Å². The van der Waals surface area contributed by atoms with Crippen LogP contribution >= 0.6 is 22.9 Å². The van der Waals surface area contributed by atoms with Crippen LogP contribution in [0.1, 0.15) is 11.3 Å². The number of amides is 2. The number of aromatic nitrogens is 3. The largest absolute Gasteiger partial charge is 0.332 e. The summed E-state index contributed by atoms with van der Waals surface area (Å²) >= 11 is 7.16. The van der Waals surface area contributed by atoms with Gasteiger partial charge in [-0.2, -0.15) is 9.61 Å². The molecule has 0 atom stereocenters. The first-order valence-corrected chi connectivity index (χ1v) is 9.95. The summed E-state index contributed by atoms with van der Waals surface area (Å²) in [4.78, 5) is 29.4. The quantitative estimate of drug-likeness (QED) is 0.515. The number of carbonyl (C=O) groups is 1. The molecule has 0 fully saturated rings. The van der Waals surface area contributed by atoms with E-state index < -0.39 is 6.03 Å². The molecule has 9 heteroatoms. The monoisotopic (exact) mass is 425 g/mol. The molecule has 0 unspecified atom stereocenters. The van der Waals surface area contributed by atoms with E-state index in [4.69, 9.17) is 11.6 Å². The molecular weight excluding hydrogens is 410 g/mol. The minimum Gasteiger partial charge on any atom is -0.332 e. The lowest BCUT2D eigenvalue weighted by Crippen LogP contribution is -2.29. The molecule has 0 spiro atoms. The van der Waals surface area contributed by atoms with E-state index in [9.17, 15) is 9.59 Å². The Bertz CT molecular complexity index is 1250. The predicted octanol–water partition coefficient (Wildman–Crippen LogP) is 4.10. The number of nitrogens with one attached hydrogen (secondary N) is 2. The average molecular weight is 426 g/mol. The fourth-order valence-corrected chi connectivity index (χ4v) is 3.89. The second-order valence-electron chi connectivity index (χ2n) is 6.32. The SMILES string of the molecule is Cc1ccccc1-c1nn2c(=O)cc(CNC(=O)Nc3ccc(Cl)cc3)nc2s1. The number of halogens is 1. The molecule has 0 aliphatic rings. The second-order valence-corrected chi connectivity index (χ2v) is 7.71. The predicted molar refractivity (Wildman–Crippen MR) is 115 cm³/mol. The highest BCUT2D eigenvalue weighted by atomic mass is 35.5. The molecule has 0 bridgehead atoms. The maximum absolute atomic E-state index is 12.4. The lowest BCUT2D eigenvalue weighted by Gasteiger charge is -2.07. The van der Waals surface area contributed by atoms with Gasteiger partial charge in [-0.15, -0.1) is 0 Å². The normalized spacial score (nSPS) is 10.8. The summed E-state index contributed by atoms with van der Waals surface area (Å²) in [6.45, 7) is 2.11. The van der Waals surface area contributed by atoms with Crippen LogP contribution in [0.5, 0.6) is 0 Å². The number of aryl methyl sites for hydroxylation is 1. The van der Waals surface area contributed by atoms with Crippen LogP contribution in [0.3, 0.4) is 0 Å². The molecule has 2 amide bonds. The Morgan fingerprint density at radius 1 is 1.17 bits per heavy atom. The van der Waals surface area contributed by atoms with Crippen molar-refractivity contribution >= 4 is 39.6 Å². The number of fused-ring (bicyclic) bond motifs is 1. The number of hydrogen-bond donors (Lipinski definition) is 2. The molecule has 2 N–H and O–H groups in total. The lowest BCUT2D eigenvalue weighted by molar-refractivity contribution is 0.251. The highest BCUT2D eigenvalue weighted by Crippen LogP contribution is 2.26. The summed E-state index contributed by atoms with van der Waals surface area (Å²) in [6, 6.07) is 15.6. The van der Waals surface area contributed by atoms with Crippen LogP contribution in [0.25, 0.3) is 15.5 Å². The van der Waals surface area contributed by atoms with Gasteiger partial charge in [0.1, 0.15) is 5.01 Å². The van der Waals surface area contributed by atoms with Gasteiger partial charge in [-0.05, 0) is 36.8 Å². The van der Waals surface area contributed by atoms with Crippen LogP contribution in [-0.2, 0) is 6.54 Å². The van der Waals surface area contributed by atoms with Gasteiger partial charge in [0.25, 0.3) is 5.56 Å². The van der Waals surface area contributed by atoms with E-state index in [1.807, 2.05) is 31.2 Å². The van der Waals surface area contributed by atoms with Crippen molar-refractivity contribution < 1.29 is 4.79 Å². The zero-order valence-electron chi connectivity index (χ0n) is 15.3. The Labute approximate surface area is 175 Å². The summed E-state index contributed by atoms with van der Waals surface area (Å²) < 4.78 is 1.28. The Kier molecular flexibility index (Phi) is 5.28. The Morgan fingerprint density at radius 3 is 2.69 bits per heavy atom. The standard InChI is InChI=1S/C20H16ClN5O2S/c1-12-4-2-3-5-16(12)18-25-26-17(27)10-15(24-20(26)29-18)11-22-19(28)23-14-8-6-13(21)7-9-14/h2-10H,11H2,1H3,(H2,22,23,28). The van der Waals surface area contributed by atoms with Gasteiger partial charge < -0.3 is 10.6 Å². The van der Waals surface area contributed by atoms with E-state index in [2.05, 4.69) is 20.7 Å². The molecule has 0 radical (unpaired) electrons. The zero-order chi connectivity index (χ0) is 20.4. The molecule has 0 aliphatic carbocycles. The third-order valence-corrected chi connectivity index (χ3v) is 5.40. The highest BCUT2D eigenvalue weighted by Gasteiger charge is 2.12. The first-order valence-electron chi connectivity index (χ1n) is 8.76. The lowest BCUT2D eigenvalue weighted by atomic mass is 10.1. The highest BCUT2D eigenvalue weighted by molar-refractivity contribution is 7.19. The van der Waals surface area contributed by atoms with Gasteiger partial charge >= 0.3 is 6.03 Å². The van der Waals surface area contributed by atoms with Gasteiger partial charge in [0.15, 0.2) is 0 Å². The minimum absolute atomic E-state index is 0.114. The topological polar surface area (TPSA) is 88.4 Å². The van der Waals surface area contributed by atoms with Gasteiger partial charge in [-0.1, -0.05) is 47.2 Å².